The third-order valence-electron chi connectivity index (χ3n) is 7.07. The van der Waals surface area contributed by atoms with E-state index < -0.39 is 45.8 Å². The second kappa shape index (κ2) is 17.4. The maximum Gasteiger partial charge on any atom is 0.507 e. The first-order valence-electron chi connectivity index (χ1n) is 15.1. The van der Waals surface area contributed by atoms with Crippen LogP contribution in [0, 0.1) is 16.2 Å². The van der Waals surface area contributed by atoms with Crippen LogP contribution in [0.3, 0.4) is 0 Å². The molecule has 0 aliphatic carbocycles. The summed E-state index contributed by atoms with van der Waals surface area (Å²) in [6, 6.07) is 0. The van der Waals surface area contributed by atoms with Crippen LogP contribution in [-0.4, -0.2) is 82.4 Å². The summed E-state index contributed by atoms with van der Waals surface area (Å²) in [5.74, 6) is -1.31. The van der Waals surface area contributed by atoms with E-state index in [1.807, 2.05) is 96.9 Å². The Morgan fingerprint density at radius 3 is 0.902 bits per heavy atom. The molecule has 0 rings (SSSR count). The van der Waals surface area contributed by atoms with Crippen LogP contribution in [-0.2, 0) is 45.6 Å². The number of hydrogen-bond donors (Lipinski definition) is 0. The Morgan fingerprint density at radius 1 is 0.512 bits per heavy atom. The molecule has 244 valence electrons. The molecule has 0 aliphatic heterocycles. The van der Waals surface area contributed by atoms with Crippen molar-refractivity contribution in [1.29, 1.82) is 0 Å². The molecule has 0 fully saturated rings. The molecule has 2 unspecified atom stereocenters. The number of carbonyl (C=O) groups is 2. The molecular weight excluding hydrogens is 564 g/mol. The number of carbonyl (C=O) groups excluding carboxylic acids is 2. The van der Waals surface area contributed by atoms with Gasteiger partial charge in [0.2, 0.25) is 0 Å². The van der Waals surface area contributed by atoms with Crippen LogP contribution in [0.5, 0.6) is 0 Å². The molecule has 10 nitrogen and oxygen atoms in total. The Hall–Kier alpha value is -0.866. The minimum absolute atomic E-state index is 0.0301. The monoisotopic (exact) mass is 624 g/mol. The van der Waals surface area contributed by atoms with E-state index in [0.717, 1.165) is 0 Å². The summed E-state index contributed by atoms with van der Waals surface area (Å²) in [4.78, 5) is 28.3. The zero-order valence-corrected chi connectivity index (χ0v) is 30.4. The lowest BCUT2D eigenvalue weighted by molar-refractivity contribution is -0.195. The number of ether oxygens (including phenoxy) is 2. The average Bonchev–Trinajstić information content (AvgIpc) is 2.85. The van der Waals surface area contributed by atoms with Crippen LogP contribution in [0.2, 0.25) is 11.1 Å². The van der Waals surface area contributed by atoms with Gasteiger partial charge < -0.3 is 36.0 Å². The largest absolute Gasteiger partial charge is 0.507 e. The van der Waals surface area contributed by atoms with Gasteiger partial charge in [-0.05, 0) is 52.4 Å². The van der Waals surface area contributed by atoms with E-state index in [1.54, 1.807) is 0 Å². The van der Waals surface area contributed by atoms with Gasteiger partial charge in [-0.2, -0.15) is 0 Å². The Labute approximate surface area is 252 Å². The lowest BCUT2D eigenvalue weighted by atomic mass is 9.54. The van der Waals surface area contributed by atoms with E-state index in [9.17, 15) is 9.59 Å². The molecule has 2 atom stereocenters. The third-order valence-corrected chi connectivity index (χ3v) is 14.0. The van der Waals surface area contributed by atoms with Gasteiger partial charge in [-0.25, -0.2) is 0 Å². The van der Waals surface area contributed by atoms with Crippen molar-refractivity contribution in [3.05, 3.63) is 0 Å². The highest BCUT2D eigenvalue weighted by molar-refractivity contribution is 6.62. The van der Waals surface area contributed by atoms with Crippen molar-refractivity contribution in [2.75, 3.05) is 52.9 Å². The lowest BCUT2D eigenvalue weighted by Gasteiger charge is -2.48. The van der Waals surface area contributed by atoms with E-state index in [0.29, 0.717) is 39.6 Å². The average molecular weight is 625 g/mol. The number of esters is 2. The van der Waals surface area contributed by atoms with Gasteiger partial charge in [0.15, 0.2) is 5.41 Å². The van der Waals surface area contributed by atoms with Crippen LogP contribution in [0.15, 0.2) is 0 Å². The highest BCUT2D eigenvalue weighted by atomic mass is 28.4. The topological polar surface area (TPSA) is 108 Å². The van der Waals surface area contributed by atoms with Crippen molar-refractivity contribution in [2.45, 2.75) is 108 Å². The van der Waals surface area contributed by atoms with E-state index in [2.05, 4.69) is 0 Å². The van der Waals surface area contributed by atoms with E-state index in [4.69, 9.17) is 36.0 Å². The normalized spacial score (nSPS) is 15.0. The Balaban J connectivity index is 6.35. The molecule has 0 aromatic rings. The summed E-state index contributed by atoms with van der Waals surface area (Å²) in [5.41, 5.74) is -4.05. The third kappa shape index (κ3) is 9.56. The first-order valence-corrected chi connectivity index (χ1v) is 18.7. The lowest BCUT2D eigenvalue weighted by Crippen LogP contribution is -2.60. The molecule has 0 saturated carbocycles. The smallest absolute Gasteiger partial charge is 0.465 e. The maximum atomic E-state index is 14.2. The van der Waals surface area contributed by atoms with Crippen molar-refractivity contribution >= 4 is 29.5 Å². The van der Waals surface area contributed by atoms with Crippen molar-refractivity contribution in [1.82, 2.24) is 0 Å². The first kappa shape index (κ1) is 40.1. The number of hydrogen-bond acceptors (Lipinski definition) is 10. The quantitative estimate of drug-likeness (QED) is 0.0905. The van der Waals surface area contributed by atoms with Gasteiger partial charge in [0.25, 0.3) is 0 Å². The summed E-state index contributed by atoms with van der Waals surface area (Å²) in [6.07, 6.45) is 0. The van der Waals surface area contributed by atoms with Crippen LogP contribution in [0.4, 0.5) is 0 Å². The second-order valence-electron chi connectivity index (χ2n) is 12.1. The summed E-state index contributed by atoms with van der Waals surface area (Å²) in [7, 11) is -6.30. The Kier molecular flexibility index (Phi) is 17.1. The summed E-state index contributed by atoms with van der Waals surface area (Å²) < 4.78 is 48.0. The van der Waals surface area contributed by atoms with Gasteiger partial charge in [-0.3, -0.25) is 9.59 Å². The maximum absolute atomic E-state index is 14.2. The molecule has 0 spiro atoms. The minimum Gasteiger partial charge on any atom is -0.465 e. The molecule has 0 aromatic carbocycles. The van der Waals surface area contributed by atoms with Crippen molar-refractivity contribution < 1.29 is 45.6 Å². The van der Waals surface area contributed by atoms with Gasteiger partial charge in [0, 0.05) is 39.6 Å². The van der Waals surface area contributed by atoms with Crippen LogP contribution < -0.4 is 0 Å². The zero-order valence-electron chi connectivity index (χ0n) is 28.4. The van der Waals surface area contributed by atoms with Gasteiger partial charge in [0.1, 0.15) is 0 Å². The fourth-order valence-electron chi connectivity index (χ4n) is 5.57. The molecule has 0 aromatic heterocycles. The summed E-state index contributed by atoms with van der Waals surface area (Å²) in [5, 5.41) is 0. The van der Waals surface area contributed by atoms with Crippen molar-refractivity contribution in [2.24, 2.45) is 16.2 Å². The molecule has 0 N–H and O–H groups in total. The van der Waals surface area contributed by atoms with Crippen LogP contribution in [0.25, 0.3) is 0 Å². The predicted octanol–water partition coefficient (Wildman–Crippen LogP) is 6.03. The zero-order chi connectivity index (χ0) is 32.1. The Morgan fingerprint density at radius 2 is 0.732 bits per heavy atom. The molecular formula is C29H60O10Si2. The minimum atomic E-state index is -3.15. The molecule has 0 saturated heterocycles. The highest BCUT2D eigenvalue weighted by Gasteiger charge is 2.65. The number of rotatable bonds is 20. The van der Waals surface area contributed by atoms with Gasteiger partial charge in [-0.15, -0.1) is 0 Å². The molecule has 0 radical (unpaired) electrons. The fraction of sp³-hybridized carbons (Fsp3) is 0.931. The molecule has 12 heteroatoms. The molecule has 0 amide bonds. The second-order valence-corrected chi connectivity index (χ2v) is 18.2. The molecule has 0 bridgehead atoms. The van der Waals surface area contributed by atoms with Gasteiger partial charge in [0.05, 0.1) is 24.3 Å². The SMILES string of the molecule is CCO[Si](OCC)(OCC)C(C)COC(=O)C(C(=O)OCC(C)[Si](OCC)(OCC)OCC)(C(C)(C)C)C(C)(C)C. The molecule has 0 heterocycles. The van der Waals surface area contributed by atoms with Gasteiger partial charge >= 0.3 is 29.5 Å². The first-order chi connectivity index (χ1) is 19.0. The highest BCUT2D eigenvalue weighted by Crippen LogP contribution is 2.53. The van der Waals surface area contributed by atoms with E-state index in [-0.39, 0.29) is 24.3 Å². The molecule has 41 heavy (non-hydrogen) atoms. The summed E-state index contributed by atoms with van der Waals surface area (Å²) >= 11 is 0. The van der Waals surface area contributed by atoms with Crippen LogP contribution >= 0.6 is 0 Å². The summed E-state index contributed by atoms with van der Waals surface area (Å²) in [6.45, 7) is 28.5. The van der Waals surface area contributed by atoms with Gasteiger partial charge in [-0.1, -0.05) is 55.4 Å². The molecule has 0 aliphatic rings. The van der Waals surface area contributed by atoms with E-state index >= 15 is 0 Å². The standard InChI is InChI=1S/C29H60O10Si2/c1-15-34-40(35-16-2,36-17-3)23(7)21-32-25(30)29(27(9,10)11,28(12,13)14)26(31)33-22-24(8)41(37-18-4,38-19-5)39-20-6/h23-24H,15-22H2,1-14H3. The van der Waals surface area contributed by atoms with Crippen molar-refractivity contribution in [3.63, 3.8) is 0 Å². The predicted molar refractivity (Wildman–Crippen MR) is 163 cm³/mol. The van der Waals surface area contributed by atoms with Crippen molar-refractivity contribution in [3.8, 4) is 0 Å². The fourth-order valence-corrected chi connectivity index (χ4v) is 10.8. The Bertz CT molecular complexity index is 681. The van der Waals surface area contributed by atoms with Crippen LogP contribution in [0.1, 0.15) is 96.9 Å². The van der Waals surface area contributed by atoms with E-state index in [1.165, 1.54) is 0 Å².